The molecule has 10 N–H and O–H groups in total. The number of benzene rings is 2. The summed E-state index contributed by atoms with van der Waals surface area (Å²) < 4.78 is 35.8. The molecule has 0 fully saturated rings. The maximum Gasteiger partial charge on any atom is 0.416 e. The molecular formula is C31H44F3N7O2. The predicted molar refractivity (Wildman–Crippen MR) is 165 cm³/mol. The summed E-state index contributed by atoms with van der Waals surface area (Å²) in [5, 5.41) is 6.27. The number of hydrogen-bond acceptors (Lipinski definition) is 7. The van der Waals surface area contributed by atoms with Crippen LogP contribution in [0.3, 0.4) is 0 Å². The fourth-order valence-corrected chi connectivity index (χ4v) is 4.88. The Morgan fingerprint density at radius 2 is 1.51 bits per heavy atom. The Hall–Kier alpha value is -3.58. The van der Waals surface area contributed by atoms with E-state index in [0.29, 0.717) is 31.7 Å². The Balaban J connectivity index is 0.000000490. The van der Waals surface area contributed by atoms with Crippen LogP contribution in [-0.2, 0) is 15.8 Å². The lowest BCUT2D eigenvalue weighted by atomic mass is 9.74. The molecule has 0 bridgehead atoms. The molecule has 3 aromatic rings. The maximum absolute atomic E-state index is 12.3. The van der Waals surface area contributed by atoms with E-state index in [1.807, 2.05) is 30.3 Å². The zero-order valence-corrected chi connectivity index (χ0v) is 24.6. The van der Waals surface area contributed by atoms with Crippen LogP contribution in [-0.4, -0.2) is 49.0 Å². The van der Waals surface area contributed by atoms with Crippen LogP contribution in [0.2, 0.25) is 0 Å². The summed E-state index contributed by atoms with van der Waals surface area (Å²) in [5.74, 6) is -0.686. The molecule has 2 aromatic carbocycles. The van der Waals surface area contributed by atoms with Crippen LogP contribution < -0.4 is 33.6 Å². The summed E-state index contributed by atoms with van der Waals surface area (Å²) in [6, 6.07) is 13.8. The van der Waals surface area contributed by atoms with Gasteiger partial charge < -0.3 is 33.6 Å². The van der Waals surface area contributed by atoms with Crippen molar-refractivity contribution in [1.82, 2.24) is 10.3 Å². The molecule has 0 aliphatic heterocycles. The van der Waals surface area contributed by atoms with Crippen molar-refractivity contribution in [2.24, 2.45) is 28.3 Å². The third-order valence-electron chi connectivity index (χ3n) is 7.26. The van der Waals surface area contributed by atoms with Gasteiger partial charge in [-0.15, -0.1) is 0 Å². The quantitative estimate of drug-likeness (QED) is 0.162. The van der Waals surface area contributed by atoms with Gasteiger partial charge >= 0.3 is 6.18 Å². The molecule has 1 unspecified atom stereocenters. The maximum atomic E-state index is 12.3. The molecule has 12 heteroatoms. The number of hydrogen-bond donors (Lipinski definition) is 6. The Labute approximate surface area is 251 Å². The first kappa shape index (κ1) is 35.6. The molecule has 9 nitrogen and oxygen atoms in total. The number of carbonyl (C=O) groups excluding carboxylic acids is 2. The lowest BCUT2D eigenvalue weighted by Gasteiger charge is -2.33. The van der Waals surface area contributed by atoms with Gasteiger partial charge in [0.15, 0.2) is 0 Å². The number of carbonyl (C=O) groups is 2. The van der Waals surface area contributed by atoms with Crippen molar-refractivity contribution < 1.29 is 22.8 Å². The molecular weight excluding hydrogens is 559 g/mol. The number of nitrogens with one attached hydrogen (secondary N) is 2. The van der Waals surface area contributed by atoms with Gasteiger partial charge in [0.1, 0.15) is 0 Å². The van der Waals surface area contributed by atoms with Crippen LogP contribution in [0.15, 0.2) is 60.8 Å². The van der Waals surface area contributed by atoms with E-state index in [4.69, 9.17) is 22.9 Å². The van der Waals surface area contributed by atoms with Crippen LogP contribution in [0, 0.1) is 12.3 Å². The second-order valence-corrected chi connectivity index (χ2v) is 10.7. The van der Waals surface area contributed by atoms with E-state index in [2.05, 4.69) is 15.6 Å². The Morgan fingerprint density at radius 3 is 2.09 bits per heavy atom. The van der Waals surface area contributed by atoms with Gasteiger partial charge in [0.05, 0.1) is 35.6 Å². The topological polar surface area (TPSA) is 175 Å². The molecule has 43 heavy (non-hydrogen) atoms. The first-order valence-electron chi connectivity index (χ1n) is 14.3. The minimum Gasteiger partial charge on any atom is -0.346 e. The highest BCUT2D eigenvalue weighted by Crippen LogP contribution is 2.35. The Bertz CT molecular complexity index is 1270. The number of nitrogens with two attached hydrogens (primary N) is 4. The number of para-hydroxylation sites is 1. The summed E-state index contributed by atoms with van der Waals surface area (Å²) in [5.41, 5.74) is 25.1. The van der Waals surface area contributed by atoms with Crippen LogP contribution in [0.5, 0.6) is 0 Å². The summed E-state index contributed by atoms with van der Waals surface area (Å²) >= 11 is 0. The highest BCUT2D eigenvalue weighted by atomic mass is 19.4. The van der Waals surface area contributed by atoms with Gasteiger partial charge in [-0.1, -0.05) is 42.3 Å². The van der Waals surface area contributed by atoms with E-state index in [0.717, 1.165) is 60.7 Å². The van der Waals surface area contributed by atoms with E-state index in [1.165, 1.54) is 12.1 Å². The van der Waals surface area contributed by atoms with E-state index in [-0.39, 0.29) is 23.8 Å². The van der Waals surface area contributed by atoms with Gasteiger partial charge in [-0.3, -0.25) is 14.6 Å². The van der Waals surface area contributed by atoms with Crippen molar-refractivity contribution in [2.75, 3.05) is 31.5 Å². The fourth-order valence-electron chi connectivity index (χ4n) is 4.88. The first-order chi connectivity index (χ1) is 20.4. The largest absolute Gasteiger partial charge is 0.416 e. The number of halogens is 3. The van der Waals surface area contributed by atoms with Crippen LogP contribution in [0.1, 0.15) is 49.7 Å². The number of pyridine rings is 1. The predicted octanol–water partition coefficient (Wildman–Crippen LogP) is 3.83. The van der Waals surface area contributed by atoms with Crippen molar-refractivity contribution in [2.45, 2.75) is 57.7 Å². The number of alkyl halides is 3. The molecule has 1 atom stereocenters. The van der Waals surface area contributed by atoms with Crippen LogP contribution in [0.4, 0.5) is 18.9 Å². The molecule has 1 aromatic heterocycles. The number of anilines is 1. The summed E-state index contributed by atoms with van der Waals surface area (Å²) in [6.07, 6.45) is 2.09. The zero-order chi connectivity index (χ0) is 31.9. The van der Waals surface area contributed by atoms with Gasteiger partial charge in [-0.2, -0.15) is 13.2 Å². The SMILES string of the molecule is Cc1ccc(C(F)(F)F)cc1.NCCC(CCN)(CCN)CCCC(N)C(=O)NCC(=O)Nc1cnc2ccccc2c1. The van der Waals surface area contributed by atoms with Crippen LogP contribution >= 0.6 is 0 Å². The average molecular weight is 604 g/mol. The average Bonchev–Trinajstić information content (AvgIpc) is 2.96. The Morgan fingerprint density at radius 1 is 0.907 bits per heavy atom. The monoisotopic (exact) mass is 603 g/mol. The van der Waals surface area contributed by atoms with Crippen molar-refractivity contribution in [3.63, 3.8) is 0 Å². The zero-order valence-electron chi connectivity index (χ0n) is 24.6. The van der Waals surface area contributed by atoms with E-state index in [9.17, 15) is 22.8 Å². The number of amides is 2. The van der Waals surface area contributed by atoms with Gasteiger partial charge in [-0.05, 0) is 88.3 Å². The minimum absolute atomic E-state index is 0.00221. The molecule has 236 valence electrons. The van der Waals surface area contributed by atoms with Crippen molar-refractivity contribution >= 4 is 28.4 Å². The third kappa shape index (κ3) is 12.3. The lowest BCUT2D eigenvalue weighted by Crippen LogP contribution is -2.43. The van der Waals surface area contributed by atoms with Gasteiger partial charge in [0, 0.05) is 5.39 Å². The highest BCUT2D eigenvalue weighted by Gasteiger charge is 2.30. The second kappa shape index (κ2) is 17.5. The molecule has 0 saturated heterocycles. The number of rotatable bonds is 14. The number of fused-ring (bicyclic) bond motifs is 1. The minimum atomic E-state index is -4.21. The van der Waals surface area contributed by atoms with Crippen molar-refractivity contribution in [3.05, 3.63) is 71.9 Å². The second-order valence-electron chi connectivity index (χ2n) is 10.7. The Kier molecular flexibility index (Phi) is 14.5. The standard InChI is InChI=1S/C23H37N7O2.C8H7F3/c24-11-8-23(9-12-25,10-13-26)7-3-5-19(27)22(32)29-16-21(31)30-18-14-17-4-1-2-6-20(17)28-15-18;1-6-2-4-7(5-3-6)8(9,10)11/h1-2,4,6,14-15,19H,3,5,7-13,16,24-27H2,(H,29,32)(H,30,31);2-5H,1H3. The summed E-state index contributed by atoms with van der Waals surface area (Å²) in [6.45, 7) is 3.33. The number of aryl methyl sites for hydroxylation is 1. The summed E-state index contributed by atoms with van der Waals surface area (Å²) in [4.78, 5) is 28.8. The lowest BCUT2D eigenvalue weighted by molar-refractivity contribution is -0.137. The van der Waals surface area contributed by atoms with Gasteiger partial charge in [-0.25, -0.2) is 0 Å². The van der Waals surface area contributed by atoms with E-state index < -0.39 is 17.8 Å². The molecule has 1 heterocycles. The smallest absolute Gasteiger partial charge is 0.346 e. The highest BCUT2D eigenvalue weighted by molar-refractivity contribution is 5.96. The molecule has 0 aliphatic carbocycles. The van der Waals surface area contributed by atoms with Gasteiger partial charge in [0.2, 0.25) is 11.8 Å². The van der Waals surface area contributed by atoms with E-state index >= 15 is 0 Å². The fraction of sp³-hybridized carbons (Fsp3) is 0.452. The van der Waals surface area contributed by atoms with E-state index in [1.54, 1.807) is 13.1 Å². The molecule has 0 radical (unpaired) electrons. The normalized spacial score (nSPS) is 12.3. The first-order valence-corrected chi connectivity index (χ1v) is 14.3. The molecule has 0 saturated carbocycles. The third-order valence-corrected chi connectivity index (χ3v) is 7.26. The van der Waals surface area contributed by atoms with Crippen molar-refractivity contribution in [1.29, 1.82) is 0 Å². The van der Waals surface area contributed by atoms with Gasteiger partial charge in [0.25, 0.3) is 0 Å². The van der Waals surface area contributed by atoms with Crippen LogP contribution in [0.25, 0.3) is 10.9 Å². The number of nitrogens with zero attached hydrogens (tertiary/aromatic N) is 1. The summed E-state index contributed by atoms with van der Waals surface area (Å²) in [7, 11) is 0. The molecule has 0 aliphatic rings. The van der Waals surface area contributed by atoms with Crippen molar-refractivity contribution in [3.8, 4) is 0 Å². The molecule has 0 spiro atoms. The molecule has 2 amide bonds. The molecule has 3 rings (SSSR count). The number of aromatic nitrogens is 1.